The number of benzene rings is 1. The van der Waals surface area contributed by atoms with Gasteiger partial charge < -0.3 is 14.9 Å². The summed E-state index contributed by atoms with van der Waals surface area (Å²) in [4.78, 5) is 0. The van der Waals surface area contributed by atoms with Crippen LogP contribution in [0.5, 0.6) is 0 Å². The number of aliphatic hydroxyl groups is 2. The van der Waals surface area contributed by atoms with Crippen LogP contribution in [-0.2, 0) is 11.2 Å². The zero-order chi connectivity index (χ0) is 9.26. The van der Waals surface area contributed by atoms with E-state index in [0.717, 1.165) is 17.5 Å². The number of rotatable bonds is 1. The van der Waals surface area contributed by atoms with Crippen molar-refractivity contribution in [3.8, 4) is 0 Å². The molecule has 0 spiro atoms. The third-order valence-corrected chi connectivity index (χ3v) is 2.30. The summed E-state index contributed by atoms with van der Waals surface area (Å²) in [6, 6.07) is 7.69. The molecule has 1 aromatic rings. The first kappa shape index (κ1) is 8.69. The van der Waals surface area contributed by atoms with Crippen LogP contribution in [0.4, 0.5) is 0 Å². The van der Waals surface area contributed by atoms with E-state index in [9.17, 15) is 0 Å². The van der Waals surface area contributed by atoms with E-state index in [1.807, 2.05) is 24.3 Å². The maximum Gasteiger partial charge on any atom is 0.182 e. The average molecular weight is 180 g/mol. The molecule has 1 atom stereocenters. The fourth-order valence-electron chi connectivity index (χ4n) is 1.67. The predicted molar refractivity (Wildman–Crippen MR) is 47.1 cm³/mol. The zero-order valence-corrected chi connectivity index (χ0v) is 7.18. The summed E-state index contributed by atoms with van der Waals surface area (Å²) in [5.74, 6) is 0. The van der Waals surface area contributed by atoms with Crippen molar-refractivity contribution in [1.29, 1.82) is 0 Å². The van der Waals surface area contributed by atoms with Gasteiger partial charge in [0.05, 0.1) is 6.61 Å². The lowest BCUT2D eigenvalue weighted by molar-refractivity contribution is -0.152. The maximum absolute atomic E-state index is 9.05. The lowest BCUT2D eigenvalue weighted by Gasteiger charge is -2.26. The van der Waals surface area contributed by atoms with Crippen molar-refractivity contribution >= 4 is 0 Å². The quantitative estimate of drug-likeness (QED) is 0.622. The third-order valence-electron chi connectivity index (χ3n) is 2.30. The van der Waals surface area contributed by atoms with Crippen molar-refractivity contribution < 1.29 is 14.9 Å². The van der Waals surface area contributed by atoms with Gasteiger partial charge in [0.2, 0.25) is 0 Å². The van der Waals surface area contributed by atoms with Gasteiger partial charge in [0.15, 0.2) is 6.29 Å². The smallest absolute Gasteiger partial charge is 0.182 e. The van der Waals surface area contributed by atoms with Gasteiger partial charge in [-0.2, -0.15) is 0 Å². The molecular formula is C10H12O3. The SMILES string of the molecule is OC(O)C1OCCc2ccccc21. The summed E-state index contributed by atoms with van der Waals surface area (Å²) >= 11 is 0. The highest BCUT2D eigenvalue weighted by Gasteiger charge is 2.25. The Kier molecular flexibility index (Phi) is 2.31. The van der Waals surface area contributed by atoms with Gasteiger partial charge in [-0.25, -0.2) is 0 Å². The molecule has 0 bridgehead atoms. The van der Waals surface area contributed by atoms with Crippen LogP contribution in [0.15, 0.2) is 24.3 Å². The molecule has 1 aliphatic rings. The first-order valence-electron chi connectivity index (χ1n) is 4.34. The van der Waals surface area contributed by atoms with Gasteiger partial charge in [-0.15, -0.1) is 0 Å². The molecule has 3 nitrogen and oxygen atoms in total. The van der Waals surface area contributed by atoms with Gasteiger partial charge in [-0.1, -0.05) is 24.3 Å². The maximum atomic E-state index is 9.05. The second kappa shape index (κ2) is 3.46. The highest BCUT2D eigenvalue weighted by Crippen LogP contribution is 2.28. The highest BCUT2D eigenvalue weighted by atomic mass is 16.6. The molecule has 1 aliphatic heterocycles. The second-order valence-electron chi connectivity index (χ2n) is 3.15. The molecule has 0 aliphatic carbocycles. The summed E-state index contributed by atoms with van der Waals surface area (Å²) in [5, 5.41) is 18.1. The Morgan fingerprint density at radius 2 is 2.08 bits per heavy atom. The molecule has 0 radical (unpaired) electrons. The van der Waals surface area contributed by atoms with Crippen LogP contribution in [0.2, 0.25) is 0 Å². The molecule has 0 fully saturated rings. The van der Waals surface area contributed by atoms with Crippen molar-refractivity contribution in [2.24, 2.45) is 0 Å². The Hall–Kier alpha value is -0.900. The Morgan fingerprint density at radius 1 is 1.31 bits per heavy atom. The summed E-state index contributed by atoms with van der Waals surface area (Å²) in [6.07, 6.45) is -1.16. The fraction of sp³-hybridized carbons (Fsp3) is 0.400. The van der Waals surface area contributed by atoms with Gasteiger partial charge >= 0.3 is 0 Å². The van der Waals surface area contributed by atoms with Crippen molar-refractivity contribution in [2.45, 2.75) is 18.8 Å². The lowest BCUT2D eigenvalue weighted by atomic mass is 9.97. The molecule has 1 heterocycles. The molecule has 1 unspecified atom stereocenters. The fourth-order valence-corrected chi connectivity index (χ4v) is 1.67. The molecule has 1 aromatic carbocycles. The standard InChI is InChI=1S/C10H12O3/c11-10(12)9-8-4-2-1-3-7(8)5-6-13-9/h1-4,9-12H,5-6H2. The minimum Gasteiger partial charge on any atom is -0.368 e. The molecule has 0 aromatic heterocycles. The summed E-state index contributed by atoms with van der Waals surface area (Å²) < 4.78 is 5.27. The van der Waals surface area contributed by atoms with E-state index in [1.165, 1.54) is 0 Å². The molecule has 2 N–H and O–H groups in total. The normalized spacial score (nSPS) is 21.6. The molecule has 0 amide bonds. The number of ether oxygens (including phenoxy) is 1. The van der Waals surface area contributed by atoms with Crippen LogP contribution in [0, 0.1) is 0 Å². The van der Waals surface area contributed by atoms with E-state index in [1.54, 1.807) is 0 Å². The van der Waals surface area contributed by atoms with E-state index in [0.29, 0.717) is 6.61 Å². The van der Waals surface area contributed by atoms with Gasteiger partial charge in [-0.05, 0) is 17.5 Å². The largest absolute Gasteiger partial charge is 0.368 e. The summed E-state index contributed by atoms with van der Waals surface area (Å²) in [7, 11) is 0. The predicted octanol–water partition coefficient (Wildman–Crippen LogP) is 0.611. The Labute approximate surface area is 76.6 Å². The topological polar surface area (TPSA) is 49.7 Å². The zero-order valence-electron chi connectivity index (χ0n) is 7.18. The molecular weight excluding hydrogens is 168 g/mol. The van der Waals surface area contributed by atoms with E-state index >= 15 is 0 Å². The van der Waals surface area contributed by atoms with Gasteiger partial charge in [0.25, 0.3) is 0 Å². The van der Waals surface area contributed by atoms with E-state index < -0.39 is 12.4 Å². The minimum absolute atomic E-state index is 0.555. The number of hydrogen-bond acceptors (Lipinski definition) is 3. The number of hydrogen-bond donors (Lipinski definition) is 2. The van der Waals surface area contributed by atoms with Gasteiger partial charge in [-0.3, -0.25) is 0 Å². The van der Waals surface area contributed by atoms with E-state index in [-0.39, 0.29) is 0 Å². The van der Waals surface area contributed by atoms with Gasteiger partial charge in [0, 0.05) is 0 Å². The van der Waals surface area contributed by atoms with Crippen molar-refractivity contribution in [3.05, 3.63) is 35.4 Å². The average Bonchev–Trinajstić information content (AvgIpc) is 2.17. The second-order valence-corrected chi connectivity index (χ2v) is 3.15. The summed E-state index contributed by atoms with van der Waals surface area (Å²) in [5.41, 5.74) is 2.04. The summed E-state index contributed by atoms with van der Waals surface area (Å²) in [6.45, 7) is 0.555. The van der Waals surface area contributed by atoms with Crippen LogP contribution in [0.3, 0.4) is 0 Å². The number of aliphatic hydroxyl groups excluding tert-OH is 1. The van der Waals surface area contributed by atoms with Crippen LogP contribution >= 0.6 is 0 Å². The Bertz CT molecular complexity index is 296. The Balaban J connectivity index is 2.37. The molecule has 0 saturated heterocycles. The number of fused-ring (bicyclic) bond motifs is 1. The lowest BCUT2D eigenvalue weighted by Crippen LogP contribution is -2.26. The minimum atomic E-state index is -1.43. The monoisotopic (exact) mass is 180 g/mol. The van der Waals surface area contributed by atoms with Crippen LogP contribution < -0.4 is 0 Å². The Morgan fingerprint density at radius 3 is 2.85 bits per heavy atom. The van der Waals surface area contributed by atoms with Crippen molar-refractivity contribution in [3.63, 3.8) is 0 Å². The van der Waals surface area contributed by atoms with Crippen molar-refractivity contribution in [2.75, 3.05) is 6.61 Å². The first-order chi connectivity index (χ1) is 6.29. The first-order valence-corrected chi connectivity index (χ1v) is 4.34. The highest BCUT2D eigenvalue weighted by molar-refractivity contribution is 5.31. The van der Waals surface area contributed by atoms with Crippen LogP contribution in [0.1, 0.15) is 17.2 Å². The van der Waals surface area contributed by atoms with E-state index in [4.69, 9.17) is 14.9 Å². The molecule has 0 saturated carbocycles. The van der Waals surface area contributed by atoms with Crippen molar-refractivity contribution in [1.82, 2.24) is 0 Å². The third kappa shape index (κ3) is 1.58. The molecule has 3 heteroatoms. The molecule has 2 rings (SSSR count). The van der Waals surface area contributed by atoms with Crippen LogP contribution in [0.25, 0.3) is 0 Å². The van der Waals surface area contributed by atoms with Crippen LogP contribution in [-0.4, -0.2) is 23.1 Å². The molecule has 70 valence electrons. The molecule has 13 heavy (non-hydrogen) atoms. The van der Waals surface area contributed by atoms with Gasteiger partial charge in [0.1, 0.15) is 6.10 Å². The van der Waals surface area contributed by atoms with E-state index in [2.05, 4.69) is 0 Å².